The normalized spacial score (nSPS) is 14.4. The molecule has 0 radical (unpaired) electrons. The third kappa shape index (κ3) is 4.81. The highest BCUT2D eigenvalue weighted by atomic mass is 16.2. The fourth-order valence-electron chi connectivity index (χ4n) is 3.88. The molecule has 32 heavy (non-hydrogen) atoms. The number of fused-ring (bicyclic) bond motifs is 1. The van der Waals surface area contributed by atoms with Gasteiger partial charge in [-0.05, 0) is 43.2 Å². The van der Waals surface area contributed by atoms with Crippen LogP contribution >= 0.6 is 0 Å². The summed E-state index contributed by atoms with van der Waals surface area (Å²) in [6.07, 6.45) is 0. The molecule has 1 saturated heterocycles. The molecule has 3 N–H and O–H groups in total. The zero-order valence-corrected chi connectivity index (χ0v) is 18.3. The van der Waals surface area contributed by atoms with Gasteiger partial charge in [-0.15, -0.1) is 0 Å². The Morgan fingerprint density at radius 1 is 0.969 bits per heavy atom. The standard InChI is InChI=1S/C24H27N5O3/c1-16-6-5-9-19(17(16)2)26-24(32)27-22(30)15-28-10-12-29(13-11-28)23(31)21-14-18-7-3-4-8-20(18)25-21/h3-9,14,25H,10-13,15H2,1-2H3,(H2,26,27,30,32). The number of para-hydroxylation sites is 1. The first-order valence-electron chi connectivity index (χ1n) is 10.7. The number of aromatic amines is 1. The van der Waals surface area contributed by atoms with Crippen LogP contribution in [0.4, 0.5) is 10.5 Å². The van der Waals surface area contributed by atoms with Crippen molar-refractivity contribution < 1.29 is 14.4 Å². The summed E-state index contributed by atoms with van der Waals surface area (Å²) in [6.45, 7) is 6.17. The largest absolute Gasteiger partial charge is 0.351 e. The molecule has 0 spiro atoms. The number of rotatable bonds is 4. The highest BCUT2D eigenvalue weighted by molar-refractivity contribution is 6.02. The van der Waals surface area contributed by atoms with Crippen molar-refractivity contribution in [3.63, 3.8) is 0 Å². The Balaban J connectivity index is 1.25. The van der Waals surface area contributed by atoms with Gasteiger partial charge < -0.3 is 15.2 Å². The van der Waals surface area contributed by atoms with E-state index in [0.717, 1.165) is 22.0 Å². The van der Waals surface area contributed by atoms with Gasteiger partial charge in [-0.3, -0.25) is 19.8 Å². The van der Waals surface area contributed by atoms with Crippen molar-refractivity contribution in [1.29, 1.82) is 0 Å². The molecule has 1 aromatic heterocycles. The van der Waals surface area contributed by atoms with E-state index in [-0.39, 0.29) is 18.4 Å². The SMILES string of the molecule is Cc1cccc(NC(=O)NC(=O)CN2CCN(C(=O)c3cc4ccccc4[nH]3)CC2)c1C. The van der Waals surface area contributed by atoms with Crippen LogP contribution in [0.15, 0.2) is 48.5 Å². The summed E-state index contributed by atoms with van der Waals surface area (Å²) in [5.74, 6) is -0.415. The van der Waals surface area contributed by atoms with E-state index in [4.69, 9.17) is 0 Å². The van der Waals surface area contributed by atoms with Gasteiger partial charge in [-0.25, -0.2) is 4.79 Å². The molecule has 1 aliphatic heterocycles. The molecule has 1 aliphatic rings. The van der Waals surface area contributed by atoms with E-state index < -0.39 is 6.03 Å². The van der Waals surface area contributed by atoms with Crippen molar-refractivity contribution in [2.45, 2.75) is 13.8 Å². The Labute approximate surface area is 186 Å². The lowest BCUT2D eigenvalue weighted by atomic mass is 10.1. The number of hydrogen-bond donors (Lipinski definition) is 3. The minimum atomic E-state index is -0.545. The average Bonchev–Trinajstić information content (AvgIpc) is 3.21. The number of benzene rings is 2. The summed E-state index contributed by atoms with van der Waals surface area (Å²) in [5.41, 5.74) is 4.21. The number of H-pyrrole nitrogens is 1. The van der Waals surface area contributed by atoms with E-state index >= 15 is 0 Å². The molecule has 8 heteroatoms. The molecule has 3 aromatic rings. The lowest BCUT2D eigenvalue weighted by Crippen LogP contribution is -2.51. The fourth-order valence-corrected chi connectivity index (χ4v) is 3.88. The number of aromatic nitrogens is 1. The Bertz CT molecular complexity index is 1130. The van der Waals surface area contributed by atoms with Gasteiger partial charge in [0.25, 0.3) is 5.91 Å². The quantitative estimate of drug-likeness (QED) is 0.589. The van der Waals surface area contributed by atoms with E-state index in [1.165, 1.54) is 0 Å². The summed E-state index contributed by atoms with van der Waals surface area (Å²) in [5, 5.41) is 6.11. The lowest BCUT2D eigenvalue weighted by Gasteiger charge is -2.34. The fraction of sp³-hybridized carbons (Fsp3) is 0.292. The van der Waals surface area contributed by atoms with Crippen molar-refractivity contribution in [3.8, 4) is 0 Å². The molecule has 8 nitrogen and oxygen atoms in total. The zero-order valence-electron chi connectivity index (χ0n) is 18.3. The molecule has 0 atom stereocenters. The first-order valence-corrected chi connectivity index (χ1v) is 10.7. The number of imide groups is 1. The molecular weight excluding hydrogens is 406 g/mol. The maximum atomic E-state index is 12.8. The maximum absolute atomic E-state index is 12.8. The van der Waals surface area contributed by atoms with E-state index in [2.05, 4.69) is 15.6 Å². The topological polar surface area (TPSA) is 97.5 Å². The van der Waals surface area contributed by atoms with Crippen LogP contribution in [-0.2, 0) is 4.79 Å². The number of carbonyl (C=O) groups excluding carboxylic acids is 3. The first-order chi connectivity index (χ1) is 15.4. The van der Waals surface area contributed by atoms with Crippen LogP contribution in [0.25, 0.3) is 10.9 Å². The highest BCUT2D eigenvalue weighted by Gasteiger charge is 2.24. The number of carbonyl (C=O) groups is 3. The Morgan fingerprint density at radius 2 is 1.72 bits per heavy atom. The van der Waals surface area contributed by atoms with Gasteiger partial charge in [-0.2, -0.15) is 0 Å². The third-order valence-electron chi connectivity index (χ3n) is 5.89. The van der Waals surface area contributed by atoms with Crippen LogP contribution in [0.3, 0.4) is 0 Å². The molecule has 4 rings (SSSR count). The number of nitrogens with one attached hydrogen (secondary N) is 3. The van der Waals surface area contributed by atoms with Crippen LogP contribution in [0, 0.1) is 13.8 Å². The van der Waals surface area contributed by atoms with Crippen molar-refractivity contribution in [3.05, 3.63) is 65.4 Å². The number of aryl methyl sites for hydroxylation is 1. The lowest BCUT2D eigenvalue weighted by molar-refractivity contribution is -0.121. The van der Waals surface area contributed by atoms with Gasteiger partial charge >= 0.3 is 6.03 Å². The Kier molecular flexibility index (Phi) is 6.23. The average molecular weight is 434 g/mol. The summed E-state index contributed by atoms with van der Waals surface area (Å²) in [4.78, 5) is 44.2. The van der Waals surface area contributed by atoms with Crippen molar-refractivity contribution in [2.24, 2.45) is 0 Å². The van der Waals surface area contributed by atoms with Gasteiger partial charge in [0.05, 0.1) is 6.54 Å². The second-order valence-electron chi connectivity index (χ2n) is 8.09. The van der Waals surface area contributed by atoms with Crippen LogP contribution < -0.4 is 10.6 Å². The molecule has 0 bridgehead atoms. The number of anilines is 1. The zero-order chi connectivity index (χ0) is 22.7. The molecule has 0 saturated carbocycles. The van der Waals surface area contributed by atoms with E-state index in [1.807, 2.05) is 61.2 Å². The Hall–Kier alpha value is -3.65. The van der Waals surface area contributed by atoms with E-state index in [1.54, 1.807) is 11.0 Å². The molecule has 1 fully saturated rings. The first kappa shape index (κ1) is 21.6. The number of amides is 4. The van der Waals surface area contributed by atoms with Crippen LogP contribution in [0.5, 0.6) is 0 Å². The van der Waals surface area contributed by atoms with E-state index in [9.17, 15) is 14.4 Å². The predicted octanol–water partition coefficient (Wildman–Crippen LogP) is 2.89. The smallest absolute Gasteiger partial charge is 0.325 e. The minimum absolute atomic E-state index is 0.0433. The number of urea groups is 1. The van der Waals surface area contributed by atoms with Gasteiger partial charge in [-0.1, -0.05) is 30.3 Å². The summed E-state index contributed by atoms with van der Waals surface area (Å²) in [7, 11) is 0. The predicted molar refractivity (Wildman–Crippen MR) is 124 cm³/mol. The molecule has 4 amide bonds. The number of hydrogen-bond acceptors (Lipinski definition) is 4. The second kappa shape index (κ2) is 9.23. The van der Waals surface area contributed by atoms with Gasteiger partial charge in [0.1, 0.15) is 5.69 Å². The monoisotopic (exact) mass is 433 g/mol. The summed E-state index contributed by atoms with van der Waals surface area (Å²) in [6, 6.07) is 14.7. The molecule has 2 aromatic carbocycles. The van der Waals surface area contributed by atoms with Crippen LogP contribution in [-0.4, -0.2) is 65.4 Å². The summed E-state index contributed by atoms with van der Waals surface area (Å²) < 4.78 is 0. The van der Waals surface area contributed by atoms with Crippen molar-refractivity contribution in [2.75, 3.05) is 38.0 Å². The van der Waals surface area contributed by atoms with Crippen LogP contribution in [0.2, 0.25) is 0 Å². The van der Waals surface area contributed by atoms with E-state index in [0.29, 0.717) is 37.6 Å². The maximum Gasteiger partial charge on any atom is 0.325 e. The third-order valence-corrected chi connectivity index (χ3v) is 5.89. The molecule has 2 heterocycles. The highest BCUT2D eigenvalue weighted by Crippen LogP contribution is 2.18. The van der Waals surface area contributed by atoms with Crippen molar-refractivity contribution >= 4 is 34.4 Å². The minimum Gasteiger partial charge on any atom is -0.351 e. The Morgan fingerprint density at radius 3 is 2.47 bits per heavy atom. The molecule has 0 aliphatic carbocycles. The molecule has 166 valence electrons. The van der Waals surface area contributed by atoms with Gasteiger partial charge in [0.2, 0.25) is 5.91 Å². The number of nitrogens with zero attached hydrogens (tertiary/aromatic N) is 2. The number of piperazine rings is 1. The van der Waals surface area contributed by atoms with Crippen LogP contribution in [0.1, 0.15) is 21.6 Å². The van der Waals surface area contributed by atoms with Gasteiger partial charge in [0, 0.05) is 42.8 Å². The molecule has 0 unspecified atom stereocenters. The van der Waals surface area contributed by atoms with Gasteiger partial charge in [0.15, 0.2) is 0 Å². The molecular formula is C24H27N5O3. The van der Waals surface area contributed by atoms with Crippen molar-refractivity contribution in [1.82, 2.24) is 20.1 Å². The second-order valence-corrected chi connectivity index (χ2v) is 8.09. The summed E-state index contributed by atoms with van der Waals surface area (Å²) >= 11 is 0.